The molecule has 1 aromatic heterocycles. The van der Waals surface area contributed by atoms with Crippen LogP contribution in [0.4, 0.5) is 0 Å². The van der Waals surface area contributed by atoms with Crippen molar-refractivity contribution in [3.05, 3.63) is 36.0 Å². The number of benzene rings is 1. The number of likely N-dealkylation sites (N-methyl/N-ethyl adjacent to an activating group) is 1. The maximum atomic E-state index is 12.6. The van der Waals surface area contributed by atoms with Crippen LogP contribution in [0.2, 0.25) is 0 Å². The molecule has 7 heteroatoms. The fraction of sp³-hybridized carbons (Fsp3) is 0.421. The molecule has 1 fully saturated rings. The number of amides is 3. The van der Waals surface area contributed by atoms with Crippen LogP contribution in [0.3, 0.4) is 0 Å². The maximum absolute atomic E-state index is 12.6. The fourth-order valence-electron chi connectivity index (χ4n) is 3.24. The Hall–Kier alpha value is -2.83. The Morgan fingerprint density at radius 2 is 2.12 bits per heavy atom. The fourth-order valence-corrected chi connectivity index (χ4v) is 3.24. The smallest absolute Gasteiger partial charge is 0.256 e. The van der Waals surface area contributed by atoms with Gasteiger partial charge in [0.2, 0.25) is 11.8 Å². The van der Waals surface area contributed by atoms with E-state index in [1.807, 2.05) is 29.2 Å². The first-order chi connectivity index (χ1) is 12.6. The van der Waals surface area contributed by atoms with Gasteiger partial charge in [0.05, 0.1) is 12.1 Å². The van der Waals surface area contributed by atoms with Crippen molar-refractivity contribution in [2.75, 3.05) is 33.2 Å². The summed E-state index contributed by atoms with van der Waals surface area (Å²) in [7, 11) is 1.62. The highest BCUT2D eigenvalue weighted by molar-refractivity contribution is 6.07. The number of hydrogen-bond acceptors (Lipinski definition) is 3. The second-order valence-corrected chi connectivity index (χ2v) is 6.60. The molecule has 2 aromatic rings. The van der Waals surface area contributed by atoms with Gasteiger partial charge >= 0.3 is 0 Å². The van der Waals surface area contributed by atoms with Crippen LogP contribution in [0.15, 0.2) is 30.5 Å². The normalized spacial score (nSPS) is 14.0. The molecule has 0 radical (unpaired) electrons. The summed E-state index contributed by atoms with van der Waals surface area (Å²) < 4.78 is 0. The summed E-state index contributed by atoms with van der Waals surface area (Å²) >= 11 is 0. The number of para-hydroxylation sites is 1. The minimum Gasteiger partial charge on any atom is -0.360 e. The molecule has 0 spiro atoms. The van der Waals surface area contributed by atoms with Gasteiger partial charge in [-0.25, -0.2) is 0 Å². The Bertz CT molecular complexity index is 814. The Kier molecular flexibility index (Phi) is 5.55. The number of likely N-dealkylation sites (tertiary alicyclic amines) is 1. The maximum Gasteiger partial charge on any atom is 0.256 e. The van der Waals surface area contributed by atoms with Gasteiger partial charge in [-0.2, -0.15) is 0 Å². The average Bonchev–Trinajstić information content (AvgIpc) is 3.24. The molecule has 3 rings (SSSR count). The van der Waals surface area contributed by atoms with E-state index in [2.05, 4.69) is 10.3 Å². The van der Waals surface area contributed by atoms with Crippen LogP contribution in [0.25, 0.3) is 10.9 Å². The summed E-state index contributed by atoms with van der Waals surface area (Å²) in [4.78, 5) is 42.5. The minimum absolute atomic E-state index is 0.000977. The highest BCUT2D eigenvalue weighted by Crippen LogP contribution is 2.18. The Morgan fingerprint density at radius 1 is 1.31 bits per heavy atom. The van der Waals surface area contributed by atoms with E-state index in [1.54, 1.807) is 13.2 Å². The first-order valence-corrected chi connectivity index (χ1v) is 8.92. The van der Waals surface area contributed by atoms with Gasteiger partial charge in [0, 0.05) is 50.2 Å². The van der Waals surface area contributed by atoms with E-state index in [4.69, 9.17) is 0 Å². The molecule has 7 nitrogen and oxygen atoms in total. The van der Waals surface area contributed by atoms with Gasteiger partial charge in [-0.05, 0) is 18.9 Å². The number of rotatable bonds is 7. The van der Waals surface area contributed by atoms with Crippen LogP contribution in [0.1, 0.15) is 29.6 Å². The first-order valence-electron chi connectivity index (χ1n) is 8.92. The molecule has 1 aliphatic heterocycles. The van der Waals surface area contributed by atoms with E-state index in [1.165, 1.54) is 4.90 Å². The molecule has 0 atom stereocenters. The largest absolute Gasteiger partial charge is 0.360 e. The number of aromatic amines is 1. The molecule has 138 valence electrons. The van der Waals surface area contributed by atoms with Gasteiger partial charge < -0.3 is 20.1 Å². The Morgan fingerprint density at radius 3 is 2.88 bits per heavy atom. The summed E-state index contributed by atoms with van der Waals surface area (Å²) in [5, 5.41) is 3.66. The second kappa shape index (κ2) is 8.03. The summed E-state index contributed by atoms with van der Waals surface area (Å²) in [6.45, 7) is 1.98. The zero-order chi connectivity index (χ0) is 18.5. The molecular weight excluding hydrogens is 332 g/mol. The average molecular weight is 356 g/mol. The lowest BCUT2D eigenvalue weighted by atomic mass is 10.1. The number of fused-ring (bicyclic) bond motifs is 1. The van der Waals surface area contributed by atoms with Gasteiger partial charge in [0.25, 0.3) is 5.91 Å². The lowest BCUT2D eigenvalue weighted by molar-refractivity contribution is -0.127. The van der Waals surface area contributed by atoms with E-state index in [0.717, 1.165) is 30.3 Å². The van der Waals surface area contributed by atoms with Crippen LogP contribution < -0.4 is 5.32 Å². The third-order valence-corrected chi connectivity index (χ3v) is 4.65. The van der Waals surface area contributed by atoms with E-state index < -0.39 is 0 Å². The van der Waals surface area contributed by atoms with Gasteiger partial charge in [0.15, 0.2) is 0 Å². The molecule has 0 saturated carbocycles. The molecule has 0 unspecified atom stereocenters. The predicted molar refractivity (Wildman–Crippen MR) is 98.7 cm³/mol. The van der Waals surface area contributed by atoms with Crippen LogP contribution in [-0.2, 0) is 9.59 Å². The SMILES string of the molecule is CN(CC(=O)NCCCN1CCCC1=O)C(=O)c1c[nH]c2ccccc12. The van der Waals surface area contributed by atoms with Gasteiger partial charge in [-0.15, -0.1) is 0 Å². The Labute approximate surface area is 152 Å². The zero-order valence-electron chi connectivity index (χ0n) is 15.0. The quantitative estimate of drug-likeness (QED) is 0.735. The molecule has 2 heterocycles. The molecule has 1 aliphatic rings. The monoisotopic (exact) mass is 356 g/mol. The number of carbonyl (C=O) groups excluding carboxylic acids is 3. The number of aromatic nitrogens is 1. The van der Waals surface area contributed by atoms with Crippen molar-refractivity contribution < 1.29 is 14.4 Å². The third-order valence-electron chi connectivity index (χ3n) is 4.65. The lowest BCUT2D eigenvalue weighted by Gasteiger charge is -2.18. The van der Waals surface area contributed by atoms with Crippen LogP contribution >= 0.6 is 0 Å². The number of nitrogens with one attached hydrogen (secondary N) is 2. The van der Waals surface area contributed by atoms with E-state index in [-0.39, 0.29) is 24.3 Å². The predicted octanol–water partition coefficient (Wildman–Crippen LogP) is 1.37. The zero-order valence-corrected chi connectivity index (χ0v) is 15.0. The molecule has 1 saturated heterocycles. The topological polar surface area (TPSA) is 85.5 Å². The van der Waals surface area contributed by atoms with E-state index >= 15 is 0 Å². The third kappa shape index (κ3) is 4.04. The highest BCUT2D eigenvalue weighted by Gasteiger charge is 2.20. The summed E-state index contributed by atoms with van der Waals surface area (Å²) in [6.07, 6.45) is 3.95. The van der Waals surface area contributed by atoms with Gasteiger partial charge in [-0.3, -0.25) is 14.4 Å². The standard InChI is InChI=1S/C19H24N4O3/c1-22(19(26)15-12-21-16-7-3-2-6-14(15)16)13-17(24)20-9-5-11-23-10-4-8-18(23)25/h2-3,6-7,12,21H,4-5,8-11,13H2,1H3,(H,20,24). The summed E-state index contributed by atoms with van der Waals surface area (Å²) in [5.74, 6) is -0.200. The van der Waals surface area contributed by atoms with E-state index in [9.17, 15) is 14.4 Å². The molecule has 0 aliphatic carbocycles. The van der Waals surface area contributed by atoms with Gasteiger partial charge in [-0.1, -0.05) is 18.2 Å². The van der Waals surface area contributed by atoms with Crippen LogP contribution in [0.5, 0.6) is 0 Å². The summed E-state index contributed by atoms with van der Waals surface area (Å²) in [6, 6.07) is 7.57. The van der Waals surface area contributed by atoms with Crippen molar-refractivity contribution >= 4 is 28.6 Å². The number of carbonyl (C=O) groups is 3. The van der Waals surface area contributed by atoms with Crippen molar-refractivity contribution in [1.82, 2.24) is 20.1 Å². The summed E-state index contributed by atoms with van der Waals surface area (Å²) in [5.41, 5.74) is 1.45. The number of hydrogen-bond donors (Lipinski definition) is 2. The van der Waals surface area contributed by atoms with Crippen LogP contribution in [-0.4, -0.2) is 65.7 Å². The number of nitrogens with zero attached hydrogens (tertiary/aromatic N) is 2. The highest BCUT2D eigenvalue weighted by atomic mass is 16.2. The molecule has 1 aromatic carbocycles. The first kappa shape index (κ1) is 18.0. The van der Waals surface area contributed by atoms with Gasteiger partial charge in [0.1, 0.15) is 0 Å². The van der Waals surface area contributed by atoms with Crippen molar-refractivity contribution in [1.29, 1.82) is 0 Å². The molecular formula is C19H24N4O3. The Balaban J connectivity index is 1.45. The van der Waals surface area contributed by atoms with Crippen molar-refractivity contribution in [2.24, 2.45) is 0 Å². The minimum atomic E-state index is -0.201. The van der Waals surface area contributed by atoms with Crippen molar-refractivity contribution in [2.45, 2.75) is 19.3 Å². The molecule has 0 bridgehead atoms. The molecule has 26 heavy (non-hydrogen) atoms. The van der Waals surface area contributed by atoms with Crippen molar-refractivity contribution in [3.8, 4) is 0 Å². The molecule has 2 N–H and O–H groups in total. The van der Waals surface area contributed by atoms with E-state index in [0.29, 0.717) is 25.1 Å². The second-order valence-electron chi connectivity index (χ2n) is 6.60. The van der Waals surface area contributed by atoms with Crippen molar-refractivity contribution in [3.63, 3.8) is 0 Å². The van der Waals surface area contributed by atoms with Crippen LogP contribution in [0, 0.1) is 0 Å². The lowest BCUT2D eigenvalue weighted by Crippen LogP contribution is -2.39. The molecule has 3 amide bonds. The number of H-pyrrole nitrogens is 1.